The van der Waals surface area contributed by atoms with E-state index in [2.05, 4.69) is 31.8 Å². The number of carbonyl (C=O) groups is 2. The highest BCUT2D eigenvalue weighted by Crippen LogP contribution is 2.35. The Morgan fingerprint density at radius 2 is 1.69 bits per heavy atom. The van der Waals surface area contributed by atoms with E-state index in [9.17, 15) is 22.8 Å². The molecular weight excluding hydrogens is 567 g/mol. The highest BCUT2D eigenvalue weighted by molar-refractivity contribution is 9.10. The maximum Gasteiger partial charge on any atom is 0.417 e. The summed E-state index contributed by atoms with van der Waals surface area (Å²) in [6.45, 7) is 0. The number of hydrogen-bond acceptors (Lipinski definition) is 5. The first-order valence-corrected chi connectivity index (χ1v) is 11.2. The van der Waals surface area contributed by atoms with Crippen LogP contribution in [-0.2, 0) is 6.18 Å². The van der Waals surface area contributed by atoms with Crippen molar-refractivity contribution in [2.24, 2.45) is 5.10 Å². The van der Waals surface area contributed by atoms with Crippen molar-refractivity contribution in [2.75, 3.05) is 19.5 Å². The SMILES string of the molecule is COc1ccc(C(=O)Nc2ccc(Br)cc2C(=O)N/N=C\c2ccc(Cl)c(C(F)(F)F)c2)cc1OC. The molecule has 12 heteroatoms. The summed E-state index contributed by atoms with van der Waals surface area (Å²) in [7, 11) is 2.90. The Bertz CT molecular complexity index is 1330. The predicted octanol–water partition coefficient (Wildman–Crippen LogP) is 6.15. The van der Waals surface area contributed by atoms with Gasteiger partial charge in [0.2, 0.25) is 0 Å². The molecule has 0 saturated carbocycles. The molecule has 7 nitrogen and oxygen atoms in total. The number of ether oxygens (including phenoxy) is 2. The zero-order valence-electron chi connectivity index (χ0n) is 18.7. The molecule has 0 aliphatic carbocycles. The fraction of sp³-hybridized carbons (Fsp3) is 0.125. The first kappa shape index (κ1) is 27.0. The monoisotopic (exact) mass is 583 g/mol. The van der Waals surface area contributed by atoms with Gasteiger partial charge in [-0.15, -0.1) is 0 Å². The van der Waals surface area contributed by atoms with Gasteiger partial charge in [-0.25, -0.2) is 5.43 Å². The van der Waals surface area contributed by atoms with Gasteiger partial charge in [0, 0.05) is 10.0 Å². The molecule has 188 valence electrons. The van der Waals surface area contributed by atoms with Gasteiger partial charge < -0.3 is 14.8 Å². The van der Waals surface area contributed by atoms with Crippen molar-refractivity contribution in [2.45, 2.75) is 6.18 Å². The number of rotatable bonds is 7. The number of amides is 2. The minimum Gasteiger partial charge on any atom is -0.493 e. The number of benzene rings is 3. The Kier molecular flexibility index (Phi) is 8.59. The van der Waals surface area contributed by atoms with Gasteiger partial charge in [-0.05, 0) is 54.1 Å². The van der Waals surface area contributed by atoms with Crippen LogP contribution in [0.4, 0.5) is 18.9 Å². The van der Waals surface area contributed by atoms with E-state index in [0.29, 0.717) is 16.0 Å². The van der Waals surface area contributed by atoms with E-state index >= 15 is 0 Å². The molecule has 0 spiro atoms. The highest BCUT2D eigenvalue weighted by atomic mass is 79.9. The van der Waals surface area contributed by atoms with Crippen molar-refractivity contribution >= 4 is 51.2 Å². The van der Waals surface area contributed by atoms with E-state index in [1.54, 1.807) is 12.1 Å². The molecule has 0 aliphatic rings. The molecule has 2 amide bonds. The molecule has 0 fully saturated rings. The van der Waals surface area contributed by atoms with Gasteiger partial charge in [0.25, 0.3) is 11.8 Å². The Morgan fingerprint density at radius 3 is 2.36 bits per heavy atom. The number of carbonyl (C=O) groups excluding carboxylic acids is 2. The summed E-state index contributed by atoms with van der Waals surface area (Å²) in [6.07, 6.45) is -3.59. The van der Waals surface area contributed by atoms with E-state index in [4.69, 9.17) is 21.1 Å². The lowest BCUT2D eigenvalue weighted by Crippen LogP contribution is -2.21. The minimum atomic E-state index is -4.64. The van der Waals surface area contributed by atoms with Crippen LogP contribution >= 0.6 is 27.5 Å². The lowest BCUT2D eigenvalue weighted by atomic mass is 10.1. The van der Waals surface area contributed by atoms with Gasteiger partial charge in [-0.3, -0.25) is 9.59 Å². The zero-order chi connectivity index (χ0) is 26.5. The molecule has 0 unspecified atom stereocenters. The standard InChI is InChI=1S/C24H18BrClF3N3O4/c1-35-20-8-4-14(10-21(20)36-2)22(33)31-19-7-5-15(25)11-16(19)23(34)32-30-12-13-3-6-18(26)17(9-13)24(27,28)29/h3-12H,1-2H3,(H,31,33)(H,32,34)/b30-12-. The molecular formula is C24H18BrClF3N3O4. The number of nitrogens with zero attached hydrogens (tertiary/aromatic N) is 1. The number of methoxy groups -OCH3 is 2. The quantitative estimate of drug-likeness (QED) is 0.257. The molecule has 0 radical (unpaired) electrons. The maximum absolute atomic E-state index is 13.0. The molecule has 3 rings (SSSR count). The van der Waals surface area contributed by atoms with Crippen LogP contribution < -0.4 is 20.2 Å². The van der Waals surface area contributed by atoms with Crippen LogP contribution in [0.15, 0.2) is 64.2 Å². The lowest BCUT2D eigenvalue weighted by molar-refractivity contribution is -0.137. The van der Waals surface area contributed by atoms with Gasteiger partial charge in [0.1, 0.15) is 0 Å². The van der Waals surface area contributed by atoms with E-state index in [1.807, 2.05) is 0 Å². The van der Waals surface area contributed by atoms with Crippen LogP contribution in [0, 0.1) is 0 Å². The van der Waals surface area contributed by atoms with Gasteiger partial charge in [-0.2, -0.15) is 18.3 Å². The number of nitrogens with one attached hydrogen (secondary N) is 2. The highest BCUT2D eigenvalue weighted by Gasteiger charge is 2.33. The van der Waals surface area contributed by atoms with Crippen molar-refractivity contribution in [3.63, 3.8) is 0 Å². The number of hydrogen-bond donors (Lipinski definition) is 2. The Hall–Kier alpha value is -3.57. The average Bonchev–Trinajstić information content (AvgIpc) is 2.84. The third-order valence-corrected chi connectivity index (χ3v) is 5.62. The molecule has 0 saturated heterocycles. The summed E-state index contributed by atoms with van der Waals surface area (Å²) >= 11 is 8.88. The molecule has 0 aliphatic heterocycles. The number of alkyl halides is 3. The van der Waals surface area contributed by atoms with E-state index in [0.717, 1.165) is 18.3 Å². The molecule has 0 heterocycles. The summed E-state index contributed by atoms with van der Waals surface area (Å²) in [5, 5.41) is 5.93. The van der Waals surface area contributed by atoms with Crippen molar-refractivity contribution in [1.29, 1.82) is 0 Å². The summed E-state index contributed by atoms with van der Waals surface area (Å²) in [5.41, 5.74) is 1.78. The third kappa shape index (κ3) is 6.55. The third-order valence-electron chi connectivity index (χ3n) is 4.80. The summed E-state index contributed by atoms with van der Waals surface area (Å²) in [5.74, 6) is -0.431. The van der Waals surface area contributed by atoms with E-state index < -0.39 is 28.6 Å². The second-order valence-electron chi connectivity index (χ2n) is 7.15. The van der Waals surface area contributed by atoms with Crippen molar-refractivity contribution in [3.05, 3.63) is 86.3 Å². The van der Waals surface area contributed by atoms with Crippen LogP contribution in [0.25, 0.3) is 0 Å². The maximum atomic E-state index is 13.0. The Morgan fingerprint density at radius 1 is 0.972 bits per heavy atom. The van der Waals surface area contributed by atoms with Gasteiger partial charge in [-0.1, -0.05) is 33.6 Å². The predicted molar refractivity (Wildman–Crippen MR) is 133 cm³/mol. The average molecular weight is 585 g/mol. The fourth-order valence-corrected chi connectivity index (χ4v) is 3.64. The van der Waals surface area contributed by atoms with Gasteiger partial charge in [0.15, 0.2) is 11.5 Å². The normalized spacial score (nSPS) is 11.3. The van der Waals surface area contributed by atoms with Crippen molar-refractivity contribution < 1.29 is 32.2 Å². The summed E-state index contributed by atoms with van der Waals surface area (Å²) in [4.78, 5) is 25.6. The smallest absolute Gasteiger partial charge is 0.417 e. The molecule has 0 bridgehead atoms. The van der Waals surface area contributed by atoms with Gasteiger partial charge >= 0.3 is 6.18 Å². The van der Waals surface area contributed by atoms with E-state index in [-0.39, 0.29) is 22.4 Å². The molecule has 36 heavy (non-hydrogen) atoms. The van der Waals surface area contributed by atoms with Crippen LogP contribution in [0.5, 0.6) is 11.5 Å². The first-order chi connectivity index (χ1) is 17.0. The molecule has 2 N–H and O–H groups in total. The number of halogens is 5. The largest absolute Gasteiger partial charge is 0.493 e. The van der Waals surface area contributed by atoms with Gasteiger partial charge in [0.05, 0.1) is 42.3 Å². The fourth-order valence-electron chi connectivity index (χ4n) is 3.05. The molecule has 3 aromatic carbocycles. The van der Waals surface area contributed by atoms with Crippen LogP contribution in [0.1, 0.15) is 31.8 Å². The number of anilines is 1. The molecule has 0 atom stereocenters. The Balaban J connectivity index is 1.79. The van der Waals surface area contributed by atoms with Crippen molar-refractivity contribution in [3.8, 4) is 11.5 Å². The zero-order valence-corrected chi connectivity index (χ0v) is 21.1. The van der Waals surface area contributed by atoms with Crippen molar-refractivity contribution in [1.82, 2.24) is 5.43 Å². The molecule has 0 aromatic heterocycles. The van der Waals surface area contributed by atoms with E-state index in [1.165, 1.54) is 44.6 Å². The minimum absolute atomic E-state index is 0.0578. The van der Waals surface area contributed by atoms with Crippen LogP contribution in [0.2, 0.25) is 5.02 Å². The first-order valence-electron chi connectivity index (χ1n) is 10.1. The second-order valence-corrected chi connectivity index (χ2v) is 8.47. The van der Waals surface area contributed by atoms with Crippen LogP contribution in [-0.4, -0.2) is 32.2 Å². The molecule has 3 aromatic rings. The summed E-state index contributed by atoms with van der Waals surface area (Å²) < 4.78 is 50.0. The number of hydrazone groups is 1. The lowest BCUT2D eigenvalue weighted by Gasteiger charge is -2.12. The second kappa shape index (κ2) is 11.4. The topological polar surface area (TPSA) is 89.0 Å². The van der Waals surface area contributed by atoms with Crippen LogP contribution in [0.3, 0.4) is 0 Å². The summed E-state index contributed by atoms with van der Waals surface area (Å²) in [6, 6.07) is 12.4. The Labute approximate surface area is 217 Å².